The van der Waals surface area contributed by atoms with Crippen LogP contribution in [0.5, 0.6) is 0 Å². The molecular formula is C21H37IN4. The summed E-state index contributed by atoms with van der Waals surface area (Å²) in [7, 11) is 1.86. The lowest BCUT2D eigenvalue weighted by Gasteiger charge is -2.23. The van der Waals surface area contributed by atoms with E-state index in [1.54, 1.807) is 0 Å². The van der Waals surface area contributed by atoms with Crippen molar-refractivity contribution in [2.45, 2.75) is 57.9 Å². The van der Waals surface area contributed by atoms with Crippen molar-refractivity contribution in [3.63, 3.8) is 0 Å². The fourth-order valence-electron chi connectivity index (χ4n) is 3.42. The molecular weight excluding hydrogens is 435 g/mol. The molecule has 148 valence electrons. The summed E-state index contributed by atoms with van der Waals surface area (Å²) in [6, 6.07) is 11.3. The van der Waals surface area contributed by atoms with E-state index in [-0.39, 0.29) is 24.0 Å². The average molecular weight is 472 g/mol. The lowest BCUT2D eigenvalue weighted by molar-refractivity contribution is 0.292. The van der Waals surface area contributed by atoms with E-state index in [1.165, 1.54) is 37.8 Å². The second-order valence-electron chi connectivity index (χ2n) is 7.29. The number of hydrogen-bond acceptors (Lipinski definition) is 2. The van der Waals surface area contributed by atoms with Crippen molar-refractivity contribution < 1.29 is 0 Å². The van der Waals surface area contributed by atoms with E-state index in [1.807, 2.05) is 7.05 Å². The monoisotopic (exact) mass is 472 g/mol. The molecule has 0 radical (unpaired) electrons. The van der Waals surface area contributed by atoms with E-state index in [0.29, 0.717) is 11.5 Å². The molecule has 1 saturated carbocycles. The molecule has 2 rings (SSSR count). The minimum absolute atomic E-state index is 0. The lowest BCUT2D eigenvalue weighted by atomic mass is 9.96. The van der Waals surface area contributed by atoms with Crippen molar-refractivity contribution in [3.8, 4) is 0 Å². The third-order valence-corrected chi connectivity index (χ3v) is 5.45. The van der Waals surface area contributed by atoms with Crippen molar-refractivity contribution in [2.75, 3.05) is 33.2 Å². The van der Waals surface area contributed by atoms with Crippen LogP contribution in [0.2, 0.25) is 0 Å². The molecule has 2 N–H and O–H groups in total. The van der Waals surface area contributed by atoms with Crippen LogP contribution >= 0.6 is 24.0 Å². The van der Waals surface area contributed by atoms with Gasteiger partial charge in [0.15, 0.2) is 5.96 Å². The quantitative estimate of drug-likeness (QED) is 0.307. The Morgan fingerprint density at radius 3 is 2.38 bits per heavy atom. The average Bonchev–Trinajstić information content (AvgIpc) is 3.44. The Labute approximate surface area is 177 Å². The third kappa shape index (κ3) is 7.06. The van der Waals surface area contributed by atoms with Gasteiger partial charge in [-0.15, -0.1) is 24.0 Å². The van der Waals surface area contributed by atoms with Gasteiger partial charge < -0.3 is 15.5 Å². The van der Waals surface area contributed by atoms with Crippen LogP contribution in [0.25, 0.3) is 0 Å². The number of guanidine groups is 1. The summed E-state index contributed by atoms with van der Waals surface area (Å²) < 4.78 is 0. The SMILES string of the molecule is CCN(CC)CCCC(C)NC(=NC)NCC1(c2ccccc2)CC1.I. The summed E-state index contributed by atoms with van der Waals surface area (Å²) in [5.41, 5.74) is 1.76. The van der Waals surface area contributed by atoms with E-state index in [4.69, 9.17) is 0 Å². The smallest absolute Gasteiger partial charge is 0.191 e. The second-order valence-corrected chi connectivity index (χ2v) is 7.29. The maximum atomic E-state index is 4.41. The van der Waals surface area contributed by atoms with Gasteiger partial charge in [-0.05, 0) is 57.8 Å². The molecule has 4 nitrogen and oxygen atoms in total. The molecule has 1 fully saturated rings. The van der Waals surface area contributed by atoms with Crippen LogP contribution in [0.1, 0.15) is 52.0 Å². The van der Waals surface area contributed by atoms with Gasteiger partial charge in [-0.1, -0.05) is 44.2 Å². The standard InChI is InChI=1S/C21H36N4.HI/c1-5-25(6-2)16-10-11-18(3)24-20(22-4)23-17-21(14-15-21)19-12-8-7-9-13-19;/h7-9,12-13,18H,5-6,10-11,14-17H2,1-4H3,(H2,22,23,24);1H. The van der Waals surface area contributed by atoms with Gasteiger partial charge in [-0.2, -0.15) is 0 Å². The van der Waals surface area contributed by atoms with E-state index < -0.39 is 0 Å². The number of halogens is 1. The highest BCUT2D eigenvalue weighted by Crippen LogP contribution is 2.47. The van der Waals surface area contributed by atoms with Crippen molar-refractivity contribution in [2.24, 2.45) is 4.99 Å². The van der Waals surface area contributed by atoms with Gasteiger partial charge in [0.2, 0.25) is 0 Å². The Morgan fingerprint density at radius 1 is 1.19 bits per heavy atom. The molecule has 1 aliphatic rings. The van der Waals surface area contributed by atoms with Crippen LogP contribution in [0.4, 0.5) is 0 Å². The lowest BCUT2D eigenvalue weighted by Crippen LogP contribution is -2.45. The zero-order valence-corrected chi connectivity index (χ0v) is 19.3. The normalized spacial score (nSPS) is 16.7. The molecule has 0 spiro atoms. The van der Waals surface area contributed by atoms with Crippen molar-refractivity contribution >= 4 is 29.9 Å². The summed E-state index contributed by atoms with van der Waals surface area (Å²) in [4.78, 5) is 6.89. The molecule has 1 aromatic carbocycles. The molecule has 1 atom stereocenters. The highest BCUT2D eigenvalue weighted by molar-refractivity contribution is 14.0. The molecule has 1 aliphatic carbocycles. The van der Waals surface area contributed by atoms with Gasteiger partial charge in [-0.3, -0.25) is 4.99 Å². The Kier molecular flexibility index (Phi) is 10.5. The summed E-state index contributed by atoms with van der Waals surface area (Å²) in [6.45, 7) is 11.1. The maximum absolute atomic E-state index is 4.41. The van der Waals surface area contributed by atoms with Crippen LogP contribution in [-0.2, 0) is 5.41 Å². The van der Waals surface area contributed by atoms with Crippen molar-refractivity contribution in [1.29, 1.82) is 0 Å². The first-order chi connectivity index (χ1) is 12.1. The molecule has 0 amide bonds. The predicted molar refractivity (Wildman–Crippen MR) is 124 cm³/mol. The second kappa shape index (κ2) is 11.8. The number of aliphatic imine (C=N–C) groups is 1. The fraction of sp³-hybridized carbons (Fsp3) is 0.667. The van der Waals surface area contributed by atoms with Crippen LogP contribution in [0.3, 0.4) is 0 Å². The topological polar surface area (TPSA) is 39.7 Å². The number of benzene rings is 1. The summed E-state index contributed by atoms with van der Waals surface area (Å²) in [5, 5.41) is 7.10. The molecule has 0 bridgehead atoms. The first kappa shape index (κ1) is 23.2. The molecule has 0 aliphatic heterocycles. The van der Waals surface area contributed by atoms with Gasteiger partial charge in [-0.25, -0.2) is 0 Å². The Bertz CT molecular complexity index is 524. The number of nitrogens with zero attached hydrogens (tertiary/aromatic N) is 2. The maximum Gasteiger partial charge on any atom is 0.191 e. The largest absolute Gasteiger partial charge is 0.356 e. The molecule has 0 heterocycles. The van der Waals surface area contributed by atoms with Crippen LogP contribution in [0, 0.1) is 0 Å². The van der Waals surface area contributed by atoms with Crippen molar-refractivity contribution in [3.05, 3.63) is 35.9 Å². The van der Waals surface area contributed by atoms with Gasteiger partial charge in [0.1, 0.15) is 0 Å². The van der Waals surface area contributed by atoms with Gasteiger partial charge >= 0.3 is 0 Å². The van der Waals surface area contributed by atoms with Crippen LogP contribution in [-0.4, -0.2) is 50.1 Å². The first-order valence-electron chi connectivity index (χ1n) is 9.88. The zero-order valence-electron chi connectivity index (χ0n) is 16.9. The highest BCUT2D eigenvalue weighted by atomic mass is 127. The minimum atomic E-state index is 0. The first-order valence-corrected chi connectivity index (χ1v) is 9.88. The number of hydrogen-bond donors (Lipinski definition) is 2. The van der Waals surface area contributed by atoms with Crippen molar-refractivity contribution in [1.82, 2.24) is 15.5 Å². The van der Waals surface area contributed by atoms with Gasteiger partial charge in [0, 0.05) is 25.0 Å². The van der Waals surface area contributed by atoms with Crippen LogP contribution < -0.4 is 10.6 Å². The van der Waals surface area contributed by atoms with Gasteiger partial charge in [0.05, 0.1) is 0 Å². The molecule has 0 saturated heterocycles. The Morgan fingerprint density at radius 2 is 1.85 bits per heavy atom. The number of nitrogens with one attached hydrogen (secondary N) is 2. The Hall–Kier alpha value is -0.820. The minimum Gasteiger partial charge on any atom is -0.356 e. The van der Waals surface area contributed by atoms with E-state index >= 15 is 0 Å². The zero-order chi connectivity index (χ0) is 18.1. The summed E-state index contributed by atoms with van der Waals surface area (Å²) in [5.74, 6) is 0.928. The van der Waals surface area contributed by atoms with E-state index in [9.17, 15) is 0 Å². The fourth-order valence-corrected chi connectivity index (χ4v) is 3.42. The van der Waals surface area contributed by atoms with Crippen LogP contribution in [0.15, 0.2) is 35.3 Å². The molecule has 26 heavy (non-hydrogen) atoms. The molecule has 1 unspecified atom stereocenters. The summed E-state index contributed by atoms with van der Waals surface area (Å²) >= 11 is 0. The van der Waals surface area contributed by atoms with E-state index in [0.717, 1.165) is 25.6 Å². The highest BCUT2D eigenvalue weighted by Gasteiger charge is 2.44. The molecule has 5 heteroatoms. The van der Waals surface area contributed by atoms with Gasteiger partial charge in [0.25, 0.3) is 0 Å². The van der Waals surface area contributed by atoms with E-state index in [2.05, 4.69) is 71.6 Å². The Balaban J connectivity index is 0.00000338. The molecule has 1 aromatic rings. The third-order valence-electron chi connectivity index (χ3n) is 5.45. The predicted octanol–water partition coefficient (Wildman–Crippen LogP) is 4.01. The molecule has 0 aromatic heterocycles. The summed E-state index contributed by atoms with van der Waals surface area (Å²) in [6.07, 6.45) is 4.92. The number of rotatable bonds is 10.